The van der Waals surface area contributed by atoms with Gasteiger partial charge in [0.1, 0.15) is 0 Å². The first-order valence-electron chi connectivity index (χ1n) is 10.4. The van der Waals surface area contributed by atoms with Gasteiger partial charge in [-0.1, -0.05) is 70.4 Å². The average molecular weight is 362 g/mol. The van der Waals surface area contributed by atoms with Crippen LogP contribution in [0.5, 0.6) is 0 Å². The van der Waals surface area contributed by atoms with Crippen molar-refractivity contribution in [3.8, 4) is 0 Å². The van der Waals surface area contributed by atoms with Crippen LogP contribution in [0.4, 0.5) is 0 Å². The highest BCUT2D eigenvalue weighted by Crippen LogP contribution is 2.12. The van der Waals surface area contributed by atoms with Crippen molar-refractivity contribution in [2.45, 2.75) is 96.8 Å². The van der Waals surface area contributed by atoms with Crippen LogP contribution in [0.3, 0.4) is 0 Å². The van der Waals surface area contributed by atoms with Crippen LogP contribution in [-0.2, 0) is 14.4 Å². The second-order valence-corrected chi connectivity index (χ2v) is 7.07. The van der Waals surface area contributed by atoms with Gasteiger partial charge in [0.05, 0.1) is 0 Å². The summed E-state index contributed by atoms with van der Waals surface area (Å²) >= 11 is 0. The molecular weight excluding hydrogens is 326 g/mol. The van der Waals surface area contributed by atoms with E-state index in [1.54, 1.807) is 0 Å². The van der Waals surface area contributed by atoms with Gasteiger partial charge in [-0.2, -0.15) is 0 Å². The Morgan fingerprint density at radius 2 is 1.23 bits per heavy atom. The van der Waals surface area contributed by atoms with E-state index in [1.165, 1.54) is 57.8 Å². The molecule has 1 rings (SSSR count). The fourth-order valence-electron chi connectivity index (χ4n) is 3.10. The van der Waals surface area contributed by atoms with Crippen molar-refractivity contribution in [2.75, 3.05) is 0 Å². The Hall–Kier alpha value is -1.71. The smallest absolute Gasteiger partial charge is 0.260 e. The molecule has 4 nitrogen and oxygen atoms in total. The zero-order valence-electron chi connectivity index (χ0n) is 16.4. The molecule has 0 aromatic carbocycles. The van der Waals surface area contributed by atoms with Crippen molar-refractivity contribution in [1.29, 1.82) is 0 Å². The molecule has 1 heterocycles. The highest BCUT2D eigenvalue weighted by atomic mass is 16.2. The first-order valence-corrected chi connectivity index (χ1v) is 10.4. The molecule has 4 heteroatoms. The van der Waals surface area contributed by atoms with Gasteiger partial charge in [0.25, 0.3) is 11.8 Å². The van der Waals surface area contributed by atoms with Gasteiger partial charge in [-0.15, -0.1) is 0 Å². The fraction of sp³-hybridized carbons (Fsp3) is 0.682. The lowest BCUT2D eigenvalue weighted by Gasteiger charge is -2.11. The van der Waals surface area contributed by atoms with E-state index in [9.17, 15) is 14.4 Å². The van der Waals surface area contributed by atoms with Crippen LogP contribution < -0.4 is 0 Å². The Balaban J connectivity index is 1.87. The van der Waals surface area contributed by atoms with Crippen LogP contribution in [0.2, 0.25) is 0 Å². The molecule has 0 N–H and O–H groups in total. The molecule has 26 heavy (non-hydrogen) atoms. The van der Waals surface area contributed by atoms with Gasteiger partial charge in [-0.25, -0.2) is 4.90 Å². The van der Waals surface area contributed by atoms with Gasteiger partial charge in [-0.3, -0.25) is 14.4 Å². The van der Waals surface area contributed by atoms with E-state index in [4.69, 9.17) is 0 Å². The van der Waals surface area contributed by atoms with Crippen molar-refractivity contribution >= 4 is 17.7 Å². The molecule has 0 atom stereocenters. The SMILES string of the molecule is CCCCCCCC/C=C\CCCCCCCC(=O)N1C(=O)C=CC1=O. The van der Waals surface area contributed by atoms with E-state index in [-0.39, 0.29) is 12.3 Å². The zero-order valence-corrected chi connectivity index (χ0v) is 16.4. The Morgan fingerprint density at radius 1 is 0.769 bits per heavy atom. The highest BCUT2D eigenvalue weighted by Gasteiger charge is 2.29. The molecule has 0 radical (unpaired) electrons. The molecule has 0 unspecified atom stereocenters. The van der Waals surface area contributed by atoms with Crippen molar-refractivity contribution in [2.24, 2.45) is 0 Å². The molecule has 1 aliphatic rings. The molecule has 0 aliphatic carbocycles. The number of rotatable bonds is 15. The standard InChI is InChI=1S/C22H35NO3/c1-2-3-4-5-6-7-8-9-10-11-12-13-14-15-16-17-20(24)23-21(25)18-19-22(23)26/h9-10,18-19H,2-8,11-17H2,1H3/b10-9-. The van der Waals surface area contributed by atoms with Crippen molar-refractivity contribution in [1.82, 2.24) is 4.90 Å². The summed E-state index contributed by atoms with van der Waals surface area (Å²) in [7, 11) is 0. The summed E-state index contributed by atoms with van der Waals surface area (Å²) in [5.74, 6) is -1.39. The predicted molar refractivity (Wildman–Crippen MR) is 105 cm³/mol. The molecule has 146 valence electrons. The number of hydrogen-bond donors (Lipinski definition) is 0. The van der Waals surface area contributed by atoms with E-state index >= 15 is 0 Å². The lowest BCUT2D eigenvalue weighted by molar-refractivity contribution is -0.148. The number of unbranched alkanes of at least 4 members (excludes halogenated alkanes) is 11. The van der Waals surface area contributed by atoms with Crippen LogP contribution in [0.25, 0.3) is 0 Å². The molecule has 0 bridgehead atoms. The minimum Gasteiger partial charge on any atom is -0.274 e. The third-order valence-corrected chi connectivity index (χ3v) is 4.71. The van der Waals surface area contributed by atoms with Crippen molar-refractivity contribution in [3.05, 3.63) is 24.3 Å². The topological polar surface area (TPSA) is 54.5 Å². The summed E-state index contributed by atoms with van der Waals surface area (Å²) in [5.41, 5.74) is 0. The predicted octanol–water partition coefficient (Wildman–Crippen LogP) is 5.48. The normalized spacial score (nSPS) is 14.1. The summed E-state index contributed by atoms with van der Waals surface area (Å²) in [4.78, 5) is 35.3. The maximum absolute atomic E-state index is 11.8. The van der Waals surface area contributed by atoms with Crippen molar-refractivity contribution in [3.63, 3.8) is 0 Å². The molecule has 0 spiro atoms. The van der Waals surface area contributed by atoms with E-state index in [1.807, 2.05) is 0 Å². The monoisotopic (exact) mass is 361 g/mol. The highest BCUT2D eigenvalue weighted by molar-refractivity contribution is 6.22. The Morgan fingerprint density at radius 3 is 1.77 bits per heavy atom. The van der Waals surface area contributed by atoms with Gasteiger partial charge in [-0.05, 0) is 32.1 Å². The van der Waals surface area contributed by atoms with Crippen LogP contribution in [0.1, 0.15) is 96.8 Å². The van der Waals surface area contributed by atoms with E-state index < -0.39 is 11.8 Å². The zero-order chi connectivity index (χ0) is 19.0. The number of carbonyl (C=O) groups excluding carboxylic acids is 3. The summed E-state index contributed by atoms with van der Waals surface area (Å²) in [6.45, 7) is 2.25. The maximum Gasteiger partial charge on any atom is 0.260 e. The number of carbonyl (C=O) groups is 3. The van der Waals surface area contributed by atoms with Crippen LogP contribution in [-0.4, -0.2) is 22.6 Å². The molecule has 0 saturated heterocycles. The number of nitrogens with zero attached hydrogens (tertiary/aromatic N) is 1. The lowest BCUT2D eigenvalue weighted by Crippen LogP contribution is -2.36. The average Bonchev–Trinajstić information content (AvgIpc) is 2.96. The van der Waals surface area contributed by atoms with Gasteiger partial charge in [0.2, 0.25) is 5.91 Å². The Labute approximate surface area is 158 Å². The molecule has 1 aliphatic heterocycles. The number of imide groups is 3. The van der Waals surface area contributed by atoms with E-state index in [2.05, 4.69) is 19.1 Å². The minimum atomic E-state index is -0.507. The summed E-state index contributed by atoms with van der Waals surface area (Å²) in [5, 5.41) is 0. The van der Waals surface area contributed by atoms with Gasteiger partial charge >= 0.3 is 0 Å². The second-order valence-electron chi connectivity index (χ2n) is 7.07. The summed E-state index contributed by atoms with van der Waals surface area (Å²) < 4.78 is 0. The third-order valence-electron chi connectivity index (χ3n) is 4.71. The Bertz CT molecular complexity index is 476. The largest absolute Gasteiger partial charge is 0.274 e. The maximum atomic E-state index is 11.8. The summed E-state index contributed by atoms with van der Waals surface area (Å²) in [6, 6.07) is 0. The van der Waals surface area contributed by atoms with Crippen molar-refractivity contribution < 1.29 is 14.4 Å². The molecule has 0 saturated carbocycles. The van der Waals surface area contributed by atoms with Crippen LogP contribution in [0.15, 0.2) is 24.3 Å². The van der Waals surface area contributed by atoms with E-state index in [0.29, 0.717) is 0 Å². The summed E-state index contributed by atoms with van der Waals surface area (Å²) in [6.07, 6.45) is 22.8. The van der Waals surface area contributed by atoms with Crippen LogP contribution >= 0.6 is 0 Å². The first-order chi connectivity index (χ1) is 12.7. The number of allylic oxidation sites excluding steroid dienone is 2. The van der Waals surface area contributed by atoms with Gasteiger partial charge in [0.15, 0.2) is 0 Å². The number of hydrogen-bond acceptors (Lipinski definition) is 3. The fourth-order valence-corrected chi connectivity index (χ4v) is 3.10. The first kappa shape index (κ1) is 22.3. The van der Waals surface area contributed by atoms with Gasteiger partial charge in [0, 0.05) is 18.6 Å². The second kappa shape index (κ2) is 14.5. The lowest BCUT2D eigenvalue weighted by atomic mass is 10.1. The van der Waals surface area contributed by atoms with Crippen LogP contribution in [0, 0.1) is 0 Å². The quantitative estimate of drug-likeness (QED) is 0.221. The molecular formula is C22H35NO3. The third kappa shape index (κ3) is 9.69. The molecule has 3 amide bonds. The number of amides is 3. The molecule has 0 aromatic heterocycles. The Kier molecular flexibility index (Phi) is 12.4. The minimum absolute atomic E-state index is 0.275. The van der Waals surface area contributed by atoms with Gasteiger partial charge < -0.3 is 0 Å². The molecule has 0 fully saturated rings. The molecule has 0 aromatic rings. The van der Waals surface area contributed by atoms with E-state index in [0.717, 1.165) is 42.7 Å².